The minimum atomic E-state index is 0.104. The van der Waals surface area contributed by atoms with Gasteiger partial charge in [-0.1, -0.05) is 18.2 Å². The number of para-hydroxylation sites is 1. The van der Waals surface area contributed by atoms with Crippen LogP contribution in [-0.4, -0.2) is 23.6 Å². The van der Waals surface area contributed by atoms with Gasteiger partial charge in [0.05, 0.1) is 6.61 Å². The molecule has 134 valence electrons. The summed E-state index contributed by atoms with van der Waals surface area (Å²) in [6, 6.07) is 12.7. The van der Waals surface area contributed by atoms with Crippen LogP contribution in [0.5, 0.6) is 5.75 Å². The molecule has 0 spiro atoms. The van der Waals surface area contributed by atoms with Crippen LogP contribution in [0, 0.1) is 13.8 Å². The number of ether oxygens (including phenoxy) is 1. The van der Waals surface area contributed by atoms with Gasteiger partial charge in [0, 0.05) is 30.4 Å². The number of nitrogens with zero attached hydrogens (tertiary/aromatic N) is 1. The number of aryl methyl sites for hydroxylation is 1. The molecule has 1 aliphatic rings. The second-order valence-corrected chi connectivity index (χ2v) is 6.86. The summed E-state index contributed by atoms with van der Waals surface area (Å²) in [7, 11) is 0. The summed E-state index contributed by atoms with van der Waals surface area (Å²) in [4.78, 5) is 11.9. The third kappa shape index (κ3) is 4.88. The van der Waals surface area contributed by atoms with E-state index in [9.17, 15) is 4.79 Å². The van der Waals surface area contributed by atoms with Crippen LogP contribution >= 0.6 is 0 Å². The summed E-state index contributed by atoms with van der Waals surface area (Å²) >= 11 is 0. The summed E-state index contributed by atoms with van der Waals surface area (Å²) in [5.74, 6) is 0.960. The number of rotatable bonds is 9. The van der Waals surface area contributed by atoms with Crippen LogP contribution in [0.15, 0.2) is 36.4 Å². The van der Waals surface area contributed by atoms with Crippen molar-refractivity contribution < 1.29 is 9.53 Å². The van der Waals surface area contributed by atoms with Gasteiger partial charge >= 0.3 is 0 Å². The quantitative estimate of drug-likeness (QED) is 0.702. The van der Waals surface area contributed by atoms with Crippen LogP contribution in [0.25, 0.3) is 0 Å². The Morgan fingerprint density at radius 3 is 2.72 bits per heavy atom. The average Bonchev–Trinajstić information content (AvgIpc) is 3.39. The van der Waals surface area contributed by atoms with Crippen molar-refractivity contribution in [1.29, 1.82) is 0 Å². The van der Waals surface area contributed by atoms with E-state index in [1.165, 1.54) is 29.8 Å². The number of aromatic nitrogens is 1. The average molecular weight is 340 g/mol. The monoisotopic (exact) mass is 340 g/mol. The molecular weight excluding hydrogens is 312 g/mol. The lowest BCUT2D eigenvalue weighted by atomic mass is 10.2. The molecule has 0 bridgehead atoms. The summed E-state index contributed by atoms with van der Waals surface area (Å²) in [5.41, 5.74) is 4.07. The number of nitrogens with one attached hydrogen (secondary N) is 1. The smallest absolute Gasteiger partial charge is 0.220 e. The number of carbonyl (C=O) groups is 1. The lowest BCUT2D eigenvalue weighted by molar-refractivity contribution is -0.121. The maximum Gasteiger partial charge on any atom is 0.220 e. The molecule has 1 aromatic carbocycles. The zero-order valence-corrected chi connectivity index (χ0v) is 15.3. The van der Waals surface area contributed by atoms with Crippen molar-refractivity contribution in [2.24, 2.45) is 0 Å². The van der Waals surface area contributed by atoms with E-state index in [0.717, 1.165) is 18.6 Å². The van der Waals surface area contributed by atoms with Gasteiger partial charge in [0.1, 0.15) is 5.75 Å². The maximum absolute atomic E-state index is 11.9. The highest BCUT2D eigenvalue weighted by atomic mass is 16.5. The fourth-order valence-electron chi connectivity index (χ4n) is 3.36. The van der Waals surface area contributed by atoms with Crippen molar-refractivity contribution in [2.45, 2.75) is 52.0 Å². The highest BCUT2D eigenvalue weighted by Crippen LogP contribution is 2.38. The van der Waals surface area contributed by atoms with Crippen LogP contribution in [-0.2, 0) is 11.2 Å². The zero-order valence-electron chi connectivity index (χ0n) is 15.3. The molecule has 0 aliphatic heterocycles. The topological polar surface area (TPSA) is 43.3 Å². The normalized spacial score (nSPS) is 13.7. The largest absolute Gasteiger partial charge is 0.494 e. The second-order valence-electron chi connectivity index (χ2n) is 6.86. The molecule has 25 heavy (non-hydrogen) atoms. The standard InChI is InChI=1S/C21H28N2O2/c1-16-15-18(17(2)23(16)19-10-11-19)12-13-22-21(24)9-6-14-25-20-7-4-3-5-8-20/h3-5,7-8,15,19H,6,9-14H2,1-2H3,(H,22,24). The predicted molar refractivity (Wildman–Crippen MR) is 100 cm³/mol. The van der Waals surface area contributed by atoms with Gasteiger partial charge in [-0.3, -0.25) is 4.79 Å². The molecule has 4 nitrogen and oxygen atoms in total. The molecule has 1 amide bonds. The van der Waals surface area contributed by atoms with Crippen LogP contribution in [0.1, 0.15) is 48.7 Å². The van der Waals surface area contributed by atoms with Crippen LogP contribution in [0.3, 0.4) is 0 Å². The first-order valence-corrected chi connectivity index (χ1v) is 9.27. The SMILES string of the molecule is Cc1cc(CCNC(=O)CCCOc2ccccc2)c(C)n1C1CC1. The molecule has 0 radical (unpaired) electrons. The van der Waals surface area contributed by atoms with Gasteiger partial charge in [0.25, 0.3) is 0 Å². The van der Waals surface area contributed by atoms with Gasteiger partial charge in [-0.15, -0.1) is 0 Å². The van der Waals surface area contributed by atoms with Gasteiger partial charge in [-0.2, -0.15) is 0 Å². The Hall–Kier alpha value is -2.23. The van der Waals surface area contributed by atoms with Gasteiger partial charge in [0.15, 0.2) is 0 Å². The van der Waals surface area contributed by atoms with E-state index >= 15 is 0 Å². The van der Waals surface area contributed by atoms with E-state index in [4.69, 9.17) is 4.74 Å². The number of benzene rings is 1. The fourth-order valence-corrected chi connectivity index (χ4v) is 3.36. The molecule has 2 aromatic rings. The highest BCUT2D eigenvalue weighted by Gasteiger charge is 2.26. The molecule has 0 unspecified atom stereocenters. The van der Waals surface area contributed by atoms with Gasteiger partial charge < -0.3 is 14.6 Å². The molecular formula is C21H28N2O2. The third-order valence-corrected chi connectivity index (χ3v) is 4.78. The first-order valence-electron chi connectivity index (χ1n) is 9.27. The molecule has 1 aromatic heterocycles. The van der Waals surface area contributed by atoms with Crippen molar-refractivity contribution in [3.8, 4) is 5.75 Å². The minimum Gasteiger partial charge on any atom is -0.494 e. The van der Waals surface area contributed by atoms with Gasteiger partial charge in [-0.05, 0) is 63.3 Å². The summed E-state index contributed by atoms with van der Waals surface area (Å²) in [6.45, 7) is 5.65. The molecule has 4 heteroatoms. The fraction of sp³-hybridized carbons (Fsp3) is 0.476. The second kappa shape index (κ2) is 8.24. The highest BCUT2D eigenvalue weighted by molar-refractivity contribution is 5.75. The molecule has 1 aliphatic carbocycles. The van der Waals surface area contributed by atoms with Crippen molar-refractivity contribution >= 4 is 5.91 Å². The van der Waals surface area contributed by atoms with E-state index in [1.807, 2.05) is 30.3 Å². The number of carbonyl (C=O) groups excluding carboxylic acids is 1. The lowest BCUT2D eigenvalue weighted by Gasteiger charge is -2.09. The Bertz CT molecular complexity index is 702. The Labute approximate surface area is 150 Å². The van der Waals surface area contributed by atoms with Crippen molar-refractivity contribution in [3.05, 3.63) is 53.3 Å². The molecule has 1 N–H and O–H groups in total. The van der Waals surface area contributed by atoms with E-state index in [1.54, 1.807) is 0 Å². The summed E-state index contributed by atoms with van der Waals surface area (Å²) in [5, 5.41) is 3.03. The minimum absolute atomic E-state index is 0.104. The van der Waals surface area contributed by atoms with E-state index < -0.39 is 0 Å². The van der Waals surface area contributed by atoms with Crippen LogP contribution in [0.2, 0.25) is 0 Å². The van der Waals surface area contributed by atoms with Crippen LogP contribution < -0.4 is 10.1 Å². The van der Waals surface area contributed by atoms with E-state index in [2.05, 4.69) is 29.8 Å². The molecule has 1 saturated carbocycles. The number of hydrogen-bond donors (Lipinski definition) is 1. The molecule has 0 saturated heterocycles. The Balaban J connectivity index is 1.33. The van der Waals surface area contributed by atoms with Gasteiger partial charge in [-0.25, -0.2) is 0 Å². The van der Waals surface area contributed by atoms with E-state index in [-0.39, 0.29) is 5.91 Å². The maximum atomic E-state index is 11.9. The van der Waals surface area contributed by atoms with Crippen molar-refractivity contribution in [2.75, 3.05) is 13.2 Å². The number of hydrogen-bond acceptors (Lipinski definition) is 2. The zero-order chi connectivity index (χ0) is 17.6. The van der Waals surface area contributed by atoms with Crippen molar-refractivity contribution in [3.63, 3.8) is 0 Å². The predicted octanol–water partition coefficient (Wildman–Crippen LogP) is 3.96. The molecule has 3 rings (SSSR count). The Morgan fingerprint density at radius 2 is 2.00 bits per heavy atom. The van der Waals surface area contributed by atoms with Crippen LogP contribution in [0.4, 0.5) is 0 Å². The first-order chi connectivity index (χ1) is 12.1. The molecule has 1 heterocycles. The van der Waals surface area contributed by atoms with E-state index in [0.29, 0.717) is 25.6 Å². The molecule has 1 fully saturated rings. The van der Waals surface area contributed by atoms with Crippen molar-refractivity contribution in [1.82, 2.24) is 9.88 Å². The Morgan fingerprint density at radius 1 is 1.24 bits per heavy atom. The van der Waals surface area contributed by atoms with Gasteiger partial charge in [0.2, 0.25) is 5.91 Å². The molecule has 0 atom stereocenters. The Kier molecular flexibility index (Phi) is 5.79. The first kappa shape index (κ1) is 17.6. The summed E-state index contributed by atoms with van der Waals surface area (Å²) in [6.07, 6.45) is 4.75. The summed E-state index contributed by atoms with van der Waals surface area (Å²) < 4.78 is 8.06. The number of amides is 1. The lowest BCUT2D eigenvalue weighted by Crippen LogP contribution is -2.25. The third-order valence-electron chi connectivity index (χ3n) is 4.78.